The highest BCUT2D eigenvalue weighted by molar-refractivity contribution is 4.85. The third-order valence-corrected chi connectivity index (χ3v) is 5.45. The SMILES string of the molecule is CCCCCCCC/C=C/CCCCC1NC=C[N+]1(CC)C(C)O. The summed E-state index contributed by atoms with van der Waals surface area (Å²) >= 11 is 0. The lowest BCUT2D eigenvalue weighted by Crippen LogP contribution is -2.57. The predicted molar refractivity (Wildman–Crippen MR) is 104 cm³/mol. The van der Waals surface area contributed by atoms with Gasteiger partial charge in [-0.2, -0.15) is 0 Å². The number of unbranched alkanes of at least 4 members (excludes halogenated alkanes) is 8. The van der Waals surface area contributed by atoms with Crippen LogP contribution in [0, 0.1) is 0 Å². The Morgan fingerprint density at radius 2 is 1.62 bits per heavy atom. The summed E-state index contributed by atoms with van der Waals surface area (Å²) < 4.78 is 0.661. The van der Waals surface area contributed by atoms with Crippen LogP contribution in [0.4, 0.5) is 0 Å². The zero-order chi connectivity index (χ0) is 17.7. The Hall–Kier alpha value is -0.800. The van der Waals surface area contributed by atoms with Crippen molar-refractivity contribution in [3.8, 4) is 0 Å². The average molecular weight is 338 g/mol. The molecule has 2 N–H and O–H groups in total. The minimum atomic E-state index is -0.344. The van der Waals surface area contributed by atoms with Gasteiger partial charge in [-0.05, 0) is 39.0 Å². The van der Waals surface area contributed by atoms with Crippen LogP contribution in [-0.4, -0.2) is 28.5 Å². The van der Waals surface area contributed by atoms with Crippen molar-refractivity contribution in [2.45, 2.75) is 104 Å². The van der Waals surface area contributed by atoms with E-state index in [9.17, 15) is 5.11 Å². The second-order valence-electron chi connectivity index (χ2n) is 7.25. The summed E-state index contributed by atoms with van der Waals surface area (Å²) in [7, 11) is 0. The molecule has 0 saturated carbocycles. The summed E-state index contributed by atoms with van der Waals surface area (Å²) in [5, 5.41) is 13.6. The first-order valence-corrected chi connectivity index (χ1v) is 10.3. The van der Waals surface area contributed by atoms with Crippen LogP contribution < -0.4 is 5.32 Å². The average Bonchev–Trinajstić information content (AvgIpc) is 3.00. The number of aliphatic hydroxyl groups excluding tert-OH is 1. The largest absolute Gasteiger partial charge is 0.345 e. The Bertz CT molecular complexity index is 365. The molecule has 0 aromatic heterocycles. The van der Waals surface area contributed by atoms with Crippen LogP contribution >= 0.6 is 0 Å². The highest BCUT2D eigenvalue weighted by atomic mass is 16.3. The molecule has 3 nitrogen and oxygen atoms in total. The predicted octanol–water partition coefficient (Wildman–Crippen LogP) is 5.43. The van der Waals surface area contributed by atoms with Crippen molar-refractivity contribution in [2.24, 2.45) is 0 Å². The molecule has 1 heterocycles. The van der Waals surface area contributed by atoms with Gasteiger partial charge in [0.2, 0.25) is 0 Å². The summed E-state index contributed by atoms with van der Waals surface area (Å²) in [4.78, 5) is 0. The fourth-order valence-electron chi connectivity index (χ4n) is 3.71. The zero-order valence-electron chi connectivity index (χ0n) is 16.3. The third-order valence-electron chi connectivity index (χ3n) is 5.45. The maximum absolute atomic E-state index is 10.1. The van der Waals surface area contributed by atoms with Crippen LogP contribution in [-0.2, 0) is 0 Å². The van der Waals surface area contributed by atoms with Gasteiger partial charge in [0.1, 0.15) is 6.20 Å². The van der Waals surface area contributed by atoms with Crippen LogP contribution in [0.1, 0.15) is 91.4 Å². The van der Waals surface area contributed by atoms with Crippen LogP contribution in [0.15, 0.2) is 24.6 Å². The lowest BCUT2D eigenvalue weighted by molar-refractivity contribution is -0.942. The van der Waals surface area contributed by atoms with E-state index < -0.39 is 0 Å². The van der Waals surface area contributed by atoms with Gasteiger partial charge in [0.05, 0.1) is 12.7 Å². The van der Waals surface area contributed by atoms with E-state index in [0.29, 0.717) is 10.6 Å². The molecular weight excluding hydrogens is 296 g/mol. The molecule has 3 heteroatoms. The third kappa shape index (κ3) is 6.98. The van der Waals surface area contributed by atoms with E-state index in [1.807, 2.05) is 13.1 Å². The van der Waals surface area contributed by atoms with Gasteiger partial charge < -0.3 is 10.4 Å². The van der Waals surface area contributed by atoms with Crippen molar-refractivity contribution in [3.05, 3.63) is 24.6 Å². The lowest BCUT2D eigenvalue weighted by Gasteiger charge is -2.39. The van der Waals surface area contributed by atoms with Crippen molar-refractivity contribution in [2.75, 3.05) is 6.54 Å². The van der Waals surface area contributed by atoms with E-state index in [1.165, 1.54) is 64.2 Å². The maximum Gasteiger partial charge on any atom is 0.193 e. The molecule has 1 aliphatic rings. The molecule has 0 spiro atoms. The molecule has 24 heavy (non-hydrogen) atoms. The quantitative estimate of drug-likeness (QED) is 0.252. The molecule has 0 fully saturated rings. The normalized spacial score (nSPS) is 24.6. The minimum Gasteiger partial charge on any atom is -0.345 e. The number of rotatable bonds is 14. The number of quaternary nitrogens is 1. The molecule has 140 valence electrons. The summed E-state index contributed by atoms with van der Waals surface area (Å²) in [6.07, 6.45) is 23.2. The first-order chi connectivity index (χ1) is 11.7. The van der Waals surface area contributed by atoms with Gasteiger partial charge in [-0.15, -0.1) is 0 Å². The van der Waals surface area contributed by atoms with Crippen LogP contribution in [0.5, 0.6) is 0 Å². The van der Waals surface area contributed by atoms with Gasteiger partial charge in [0.15, 0.2) is 12.4 Å². The fraction of sp³-hybridized carbons (Fsp3) is 0.810. The summed E-state index contributed by atoms with van der Waals surface area (Å²) in [5.74, 6) is 0. The zero-order valence-corrected chi connectivity index (χ0v) is 16.3. The van der Waals surface area contributed by atoms with Crippen molar-refractivity contribution in [1.29, 1.82) is 0 Å². The van der Waals surface area contributed by atoms with Gasteiger partial charge in [0.25, 0.3) is 0 Å². The maximum atomic E-state index is 10.1. The van der Waals surface area contributed by atoms with Crippen LogP contribution in [0.25, 0.3) is 0 Å². The first kappa shape index (κ1) is 21.2. The topological polar surface area (TPSA) is 32.3 Å². The van der Waals surface area contributed by atoms with Crippen LogP contribution in [0.3, 0.4) is 0 Å². The smallest absolute Gasteiger partial charge is 0.193 e. The number of aliphatic hydroxyl groups is 1. The van der Waals surface area contributed by atoms with E-state index in [4.69, 9.17) is 0 Å². The molecule has 3 unspecified atom stereocenters. The Morgan fingerprint density at radius 3 is 2.25 bits per heavy atom. The molecule has 0 amide bonds. The van der Waals surface area contributed by atoms with Crippen molar-refractivity contribution in [1.82, 2.24) is 5.32 Å². The summed E-state index contributed by atoms with van der Waals surface area (Å²) in [5.41, 5.74) is 0. The van der Waals surface area contributed by atoms with Gasteiger partial charge in [0, 0.05) is 13.3 Å². The van der Waals surface area contributed by atoms with E-state index in [-0.39, 0.29) is 6.23 Å². The highest BCUT2D eigenvalue weighted by Gasteiger charge is 2.40. The molecule has 3 atom stereocenters. The molecule has 0 aromatic rings. The molecule has 0 aliphatic carbocycles. The number of allylic oxidation sites excluding steroid dienone is 2. The molecular formula is C21H41N2O+. The standard InChI is InChI=1S/C21H41N2O/c1-4-6-7-8-9-10-11-12-13-14-15-16-17-21-22-18-19-23(21,5-2)20(3)24/h12-13,18-22,24H,4-11,14-17H2,1-3H3/q+1/b13-12+. The Kier molecular flexibility index (Phi) is 11.1. The Morgan fingerprint density at radius 1 is 1.00 bits per heavy atom. The Labute approximate surface area is 150 Å². The van der Waals surface area contributed by atoms with Gasteiger partial charge >= 0.3 is 0 Å². The number of hydrogen-bond acceptors (Lipinski definition) is 2. The van der Waals surface area contributed by atoms with E-state index >= 15 is 0 Å². The number of nitrogens with zero attached hydrogens (tertiary/aromatic N) is 1. The molecule has 0 aromatic carbocycles. The van der Waals surface area contributed by atoms with Gasteiger partial charge in [-0.25, -0.2) is 0 Å². The summed E-state index contributed by atoms with van der Waals surface area (Å²) in [6.45, 7) is 7.26. The van der Waals surface area contributed by atoms with E-state index in [0.717, 1.165) is 13.0 Å². The first-order valence-electron chi connectivity index (χ1n) is 10.3. The molecule has 0 radical (unpaired) electrons. The van der Waals surface area contributed by atoms with E-state index in [1.54, 1.807) is 0 Å². The number of nitrogens with one attached hydrogen (secondary N) is 1. The molecule has 0 bridgehead atoms. The van der Waals surface area contributed by atoms with Gasteiger partial charge in [-0.1, -0.05) is 51.2 Å². The van der Waals surface area contributed by atoms with Crippen molar-refractivity contribution < 1.29 is 9.59 Å². The second kappa shape index (κ2) is 12.5. The highest BCUT2D eigenvalue weighted by Crippen LogP contribution is 2.25. The lowest BCUT2D eigenvalue weighted by atomic mass is 10.1. The Balaban J connectivity index is 2.05. The van der Waals surface area contributed by atoms with Gasteiger partial charge in [-0.3, -0.25) is 4.48 Å². The monoisotopic (exact) mass is 337 g/mol. The second-order valence-corrected chi connectivity index (χ2v) is 7.25. The molecule has 0 saturated heterocycles. The molecule has 1 aliphatic heterocycles. The number of hydrogen-bond donors (Lipinski definition) is 2. The van der Waals surface area contributed by atoms with E-state index in [2.05, 4.69) is 37.5 Å². The van der Waals surface area contributed by atoms with Crippen LogP contribution in [0.2, 0.25) is 0 Å². The molecule has 1 rings (SSSR count). The summed E-state index contributed by atoms with van der Waals surface area (Å²) in [6, 6.07) is 0. The fourth-order valence-corrected chi connectivity index (χ4v) is 3.71. The minimum absolute atomic E-state index is 0.335. The van der Waals surface area contributed by atoms with Crippen molar-refractivity contribution >= 4 is 0 Å². The van der Waals surface area contributed by atoms with Crippen molar-refractivity contribution in [3.63, 3.8) is 0 Å².